The molecule has 4 heteroatoms. The van der Waals surface area contributed by atoms with Crippen molar-refractivity contribution in [1.29, 1.82) is 0 Å². The number of hydrogen-bond donors (Lipinski definition) is 1. The highest BCUT2D eigenvalue weighted by Crippen LogP contribution is 2.43. The average molecular weight is 357 g/mol. The summed E-state index contributed by atoms with van der Waals surface area (Å²) in [7, 11) is 0. The number of hydrogen-bond acceptors (Lipinski definition) is 1. The first-order chi connectivity index (χ1) is 9.95. The Labute approximate surface area is 133 Å². The molecule has 0 bridgehead atoms. The van der Waals surface area contributed by atoms with E-state index in [1.165, 1.54) is 18.6 Å². The van der Waals surface area contributed by atoms with Gasteiger partial charge in [-0.05, 0) is 61.8 Å². The molecule has 0 saturated heterocycles. The van der Waals surface area contributed by atoms with Crippen LogP contribution in [-0.2, 0) is 11.2 Å². The molecule has 0 amide bonds. The van der Waals surface area contributed by atoms with Crippen LogP contribution in [0.3, 0.4) is 0 Å². The molecule has 2 nitrogen and oxygen atoms in total. The maximum absolute atomic E-state index is 13.5. The Balaban J connectivity index is 2.14. The van der Waals surface area contributed by atoms with Crippen LogP contribution < -0.4 is 0 Å². The normalized spacial score (nSPS) is 25.8. The maximum Gasteiger partial charge on any atom is 0.309 e. The zero-order valence-corrected chi connectivity index (χ0v) is 14.0. The molecule has 1 saturated carbocycles. The summed E-state index contributed by atoms with van der Waals surface area (Å²) in [5.74, 6) is -0.404. The van der Waals surface area contributed by atoms with Crippen molar-refractivity contribution in [2.24, 2.45) is 11.3 Å². The van der Waals surface area contributed by atoms with Crippen LogP contribution in [0.4, 0.5) is 4.39 Å². The predicted molar refractivity (Wildman–Crippen MR) is 84.7 cm³/mol. The molecule has 0 aromatic heterocycles. The van der Waals surface area contributed by atoms with Gasteiger partial charge in [0, 0.05) is 4.47 Å². The van der Waals surface area contributed by atoms with Gasteiger partial charge in [-0.15, -0.1) is 0 Å². The number of carbonyl (C=O) groups is 1. The number of carboxylic acids is 1. The highest BCUT2D eigenvalue weighted by atomic mass is 79.9. The van der Waals surface area contributed by atoms with Gasteiger partial charge in [0.15, 0.2) is 0 Å². The smallest absolute Gasteiger partial charge is 0.309 e. The molecular weight excluding hydrogens is 335 g/mol. The van der Waals surface area contributed by atoms with E-state index in [1.54, 1.807) is 0 Å². The summed E-state index contributed by atoms with van der Waals surface area (Å²) in [4.78, 5) is 11.8. The molecule has 1 aliphatic rings. The first-order valence-electron chi connectivity index (χ1n) is 7.63. The highest BCUT2D eigenvalue weighted by molar-refractivity contribution is 9.10. The Bertz CT molecular complexity index is 487. The van der Waals surface area contributed by atoms with E-state index in [4.69, 9.17) is 0 Å². The lowest BCUT2D eigenvalue weighted by atomic mass is 9.67. The summed E-state index contributed by atoms with van der Waals surface area (Å²) in [6, 6.07) is 4.68. The minimum absolute atomic E-state index is 0.320. The van der Waals surface area contributed by atoms with E-state index in [1.807, 2.05) is 6.07 Å². The monoisotopic (exact) mass is 356 g/mol. The number of rotatable bonds is 5. The molecule has 21 heavy (non-hydrogen) atoms. The quantitative estimate of drug-likeness (QED) is 0.787. The highest BCUT2D eigenvalue weighted by Gasteiger charge is 2.41. The van der Waals surface area contributed by atoms with Crippen LogP contribution in [0.25, 0.3) is 0 Å². The van der Waals surface area contributed by atoms with Gasteiger partial charge in [0.1, 0.15) is 5.82 Å². The second-order valence-electron chi connectivity index (χ2n) is 6.27. The lowest BCUT2D eigenvalue weighted by molar-refractivity contribution is -0.151. The van der Waals surface area contributed by atoms with Gasteiger partial charge in [-0.2, -0.15) is 0 Å². The van der Waals surface area contributed by atoms with E-state index in [9.17, 15) is 14.3 Å². The van der Waals surface area contributed by atoms with Gasteiger partial charge in [0.2, 0.25) is 0 Å². The minimum atomic E-state index is -0.738. The van der Waals surface area contributed by atoms with Crippen LogP contribution in [0, 0.1) is 17.2 Å². The average Bonchev–Trinajstić information content (AvgIpc) is 2.40. The van der Waals surface area contributed by atoms with Crippen LogP contribution in [-0.4, -0.2) is 11.1 Å². The molecule has 1 aromatic carbocycles. The third kappa shape index (κ3) is 4.06. The van der Waals surface area contributed by atoms with Crippen LogP contribution >= 0.6 is 15.9 Å². The van der Waals surface area contributed by atoms with Gasteiger partial charge >= 0.3 is 5.97 Å². The lowest BCUT2D eigenvalue weighted by Gasteiger charge is -2.37. The fourth-order valence-electron chi connectivity index (χ4n) is 3.50. The fraction of sp³-hybridized carbons (Fsp3) is 0.588. The number of benzene rings is 1. The molecule has 0 spiro atoms. The van der Waals surface area contributed by atoms with Crippen molar-refractivity contribution in [2.45, 2.75) is 51.9 Å². The summed E-state index contributed by atoms with van der Waals surface area (Å²) < 4.78 is 14.2. The summed E-state index contributed by atoms with van der Waals surface area (Å²) in [5, 5.41) is 9.70. The molecule has 1 aromatic rings. The van der Waals surface area contributed by atoms with Gasteiger partial charge in [0.05, 0.1) is 5.41 Å². The molecule has 1 fully saturated rings. The number of halogens is 2. The molecule has 116 valence electrons. The molecule has 0 unspecified atom stereocenters. The maximum atomic E-state index is 13.5. The Morgan fingerprint density at radius 3 is 2.57 bits per heavy atom. The summed E-state index contributed by atoms with van der Waals surface area (Å²) >= 11 is 3.28. The van der Waals surface area contributed by atoms with Crippen molar-refractivity contribution in [3.63, 3.8) is 0 Å². The molecule has 0 heterocycles. The number of aliphatic carboxylic acids is 1. The van der Waals surface area contributed by atoms with E-state index in [0.29, 0.717) is 29.7 Å². The van der Waals surface area contributed by atoms with Crippen molar-refractivity contribution in [2.75, 3.05) is 0 Å². The van der Waals surface area contributed by atoms with Crippen molar-refractivity contribution in [3.8, 4) is 0 Å². The Morgan fingerprint density at radius 1 is 1.38 bits per heavy atom. The third-order valence-corrected chi connectivity index (χ3v) is 5.14. The minimum Gasteiger partial charge on any atom is -0.481 e. The van der Waals surface area contributed by atoms with E-state index >= 15 is 0 Å². The second-order valence-corrected chi connectivity index (χ2v) is 7.19. The Morgan fingerprint density at radius 2 is 2.05 bits per heavy atom. The van der Waals surface area contributed by atoms with Crippen molar-refractivity contribution in [3.05, 3.63) is 34.1 Å². The SMILES string of the molecule is CCCC1CCC(Cc2cc(F)cc(Br)c2)(C(=O)O)CC1. The number of carboxylic acid groups (broad SMARTS) is 1. The molecule has 1 N–H and O–H groups in total. The van der Waals surface area contributed by atoms with Crippen molar-refractivity contribution < 1.29 is 14.3 Å². The molecule has 1 aliphatic carbocycles. The molecular formula is C17H22BrFO2. The summed E-state index contributed by atoms with van der Waals surface area (Å²) in [6.45, 7) is 2.17. The van der Waals surface area contributed by atoms with E-state index in [-0.39, 0.29) is 5.82 Å². The molecule has 0 atom stereocenters. The van der Waals surface area contributed by atoms with Gasteiger partial charge < -0.3 is 5.11 Å². The fourth-order valence-corrected chi connectivity index (χ4v) is 4.01. The summed E-state index contributed by atoms with van der Waals surface area (Å²) in [6.07, 6.45) is 6.08. The van der Waals surface area contributed by atoms with Gasteiger partial charge in [-0.25, -0.2) is 4.39 Å². The summed E-state index contributed by atoms with van der Waals surface area (Å²) in [5.41, 5.74) is 0.0375. The molecule has 2 rings (SSSR count). The molecule has 0 aliphatic heterocycles. The first-order valence-corrected chi connectivity index (χ1v) is 8.43. The van der Waals surface area contributed by atoms with Crippen molar-refractivity contribution >= 4 is 21.9 Å². The van der Waals surface area contributed by atoms with Gasteiger partial charge in [0.25, 0.3) is 0 Å². The topological polar surface area (TPSA) is 37.3 Å². The molecule has 0 radical (unpaired) electrons. The van der Waals surface area contributed by atoms with Crippen LogP contribution in [0.1, 0.15) is 51.0 Å². The van der Waals surface area contributed by atoms with Crippen molar-refractivity contribution in [1.82, 2.24) is 0 Å². The second kappa shape index (κ2) is 6.91. The first kappa shape index (κ1) is 16.5. The van der Waals surface area contributed by atoms with Gasteiger partial charge in [-0.1, -0.05) is 35.7 Å². The van der Waals surface area contributed by atoms with Crippen LogP contribution in [0.2, 0.25) is 0 Å². The lowest BCUT2D eigenvalue weighted by Crippen LogP contribution is -2.37. The largest absolute Gasteiger partial charge is 0.481 e. The standard InChI is InChI=1S/C17H22BrFO2/c1-2-3-12-4-6-17(7-5-12,16(20)21)11-13-8-14(18)10-15(19)9-13/h8-10,12H,2-7,11H2,1H3,(H,20,21). The van der Waals surface area contributed by atoms with E-state index < -0.39 is 11.4 Å². The Hall–Kier alpha value is -0.900. The van der Waals surface area contributed by atoms with E-state index in [2.05, 4.69) is 22.9 Å². The third-order valence-electron chi connectivity index (χ3n) is 4.68. The van der Waals surface area contributed by atoms with E-state index in [0.717, 1.165) is 24.8 Å². The zero-order valence-electron chi connectivity index (χ0n) is 12.4. The van der Waals surface area contributed by atoms with Crippen LogP contribution in [0.5, 0.6) is 0 Å². The predicted octanol–water partition coefficient (Wildman–Crippen LogP) is 5.19. The Kier molecular flexibility index (Phi) is 5.42. The van der Waals surface area contributed by atoms with Crippen LogP contribution in [0.15, 0.2) is 22.7 Å². The zero-order chi connectivity index (χ0) is 15.5. The van der Waals surface area contributed by atoms with Gasteiger partial charge in [-0.3, -0.25) is 4.79 Å².